The highest BCUT2D eigenvalue weighted by molar-refractivity contribution is 8.00. The van der Waals surface area contributed by atoms with Gasteiger partial charge in [-0.05, 0) is 29.2 Å². The Morgan fingerprint density at radius 1 is 1.42 bits per heavy atom. The number of aromatic nitrogens is 2. The van der Waals surface area contributed by atoms with Gasteiger partial charge in [0.2, 0.25) is 0 Å². The summed E-state index contributed by atoms with van der Waals surface area (Å²) in [6.07, 6.45) is 0.878. The minimum Gasteiger partial charge on any atom is -0.384 e. The van der Waals surface area contributed by atoms with Gasteiger partial charge in [-0.25, -0.2) is 4.98 Å². The molecule has 19 heavy (non-hydrogen) atoms. The standard InChI is InChI=1S/C14H14N2OS2/c1-2-13-15-14(19-16-13)18-10-12-6-3-5-11(9-12)7-4-8-17/h3,5-6,9,17H,2,8,10H2,1H3. The Hall–Kier alpha value is -1.35. The highest BCUT2D eigenvalue weighted by Crippen LogP contribution is 2.24. The predicted octanol–water partition coefficient (Wildman–Crippen LogP) is 2.74. The molecule has 0 atom stereocenters. The fraction of sp³-hybridized carbons (Fsp3) is 0.286. The van der Waals surface area contributed by atoms with Crippen molar-refractivity contribution in [3.63, 3.8) is 0 Å². The Kier molecular flexibility index (Phi) is 5.40. The number of aliphatic hydroxyl groups is 1. The van der Waals surface area contributed by atoms with Crippen LogP contribution in [0.1, 0.15) is 23.9 Å². The first kappa shape index (κ1) is 14.1. The van der Waals surface area contributed by atoms with Crippen molar-refractivity contribution >= 4 is 23.3 Å². The van der Waals surface area contributed by atoms with Gasteiger partial charge in [0.05, 0.1) is 0 Å². The van der Waals surface area contributed by atoms with Gasteiger partial charge in [-0.1, -0.05) is 42.7 Å². The van der Waals surface area contributed by atoms with Gasteiger partial charge in [0, 0.05) is 17.7 Å². The predicted molar refractivity (Wildman–Crippen MR) is 79.3 cm³/mol. The molecule has 0 aliphatic carbocycles. The molecule has 98 valence electrons. The molecule has 0 bridgehead atoms. The molecule has 3 nitrogen and oxygen atoms in total. The molecule has 0 unspecified atom stereocenters. The molecule has 0 saturated carbocycles. The molecular weight excluding hydrogens is 276 g/mol. The zero-order valence-electron chi connectivity index (χ0n) is 10.6. The number of hydrogen-bond acceptors (Lipinski definition) is 5. The average Bonchev–Trinajstić information content (AvgIpc) is 2.91. The van der Waals surface area contributed by atoms with E-state index in [4.69, 9.17) is 5.11 Å². The first-order chi connectivity index (χ1) is 9.31. The zero-order valence-corrected chi connectivity index (χ0v) is 12.2. The monoisotopic (exact) mass is 290 g/mol. The lowest BCUT2D eigenvalue weighted by atomic mass is 10.1. The van der Waals surface area contributed by atoms with Crippen LogP contribution in [0.5, 0.6) is 0 Å². The van der Waals surface area contributed by atoms with E-state index < -0.39 is 0 Å². The Morgan fingerprint density at radius 2 is 2.32 bits per heavy atom. The Bertz CT molecular complexity index is 599. The van der Waals surface area contributed by atoms with Gasteiger partial charge in [0.15, 0.2) is 4.34 Å². The summed E-state index contributed by atoms with van der Waals surface area (Å²) >= 11 is 3.14. The van der Waals surface area contributed by atoms with Crippen molar-refractivity contribution in [2.24, 2.45) is 0 Å². The van der Waals surface area contributed by atoms with Gasteiger partial charge < -0.3 is 5.11 Å². The summed E-state index contributed by atoms with van der Waals surface area (Å²) in [7, 11) is 0. The molecule has 0 saturated heterocycles. The molecule has 0 radical (unpaired) electrons. The van der Waals surface area contributed by atoms with Gasteiger partial charge in [0.25, 0.3) is 0 Å². The molecule has 1 aromatic heterocycles. The van der Waals surface area contributed by atoms with E-state index in [9.17, 15) is 0 Å². The Morgan fingerprint density at radius 3 is 3.05 bits per heavy atom. The summed E-state index contributed by atoms with van der Waals surface area (Å²) in [6.45, 7) is 1.95. The summed E-state index contributed by atoms with van der Waals surface area (Å²) in [5.41, 5.74) is 2.13. The van der Waals surface area contributed by atoms with Gasteiger partial charge in [-0.15, -0.1) is 0 Å². The van der Waals surface area contributed by atoms with E-state index in [0.29, 0.717) is 0 Å². The van der Waals surface area contributed by atoms with E-state index in [-0.39, 0.29) is 6.61 Å². The molecule has 1 aromatic carbocycles. The van der Waals surface area contributed by atoms with Gasteiger partial charge in [0.1, 0.15) is 12.4 Å². The highest BCUT2D eigenvalue weighted by atomic mass is 32.2. The Balaban J connectivity index is 1.99. The van der Waals surface area contributed by atoms with Gasteiger partial charge in [-0.3, -0.25) is 0 Å². The van der Waals surface area contributed by atoms with Crippen molar-refractivity contribution in [3.8, 4) is 11.8 Å². The fourth-order valence-corrected chi connectivity index (χ4v) is 3.10. The number of thioether (sulfide) groups is 1. The lowest BCUT2D eigenvalue weighted by Gasteiger charge is -1.99. The molecule has 2 rings (SSSR count). The van der Waals surface area contributed by atoms with E-state index in [1.165, 1.54) is 17.1 Å². The van der Waals surface area contributed by atoms with Crippen molar-refractivity contribution in [2.45, 2.75) is 23.4 Å². The number of rotatable bonds is 4. The van der Waals surface area contributed by atoms with E-state index in [2.05, 4.69) is 34.2 Å². The van der Waals surface area contributed by atoms with E-state index in [1.54, 1.807) is 11.8 Å². The van der Waals surface area contributed by atoms with Crippen molar-refractivity contribution in [2.75, 3.05) is 6.61 Å². The molecule has 2 aromatic rings. The minimum absolute atomic E-state index is 0.108. The maximum atomic E-state index is 8.68. The molecular formula is C14H14N2OS2. The highest BCUT2D eigenvalue weighted by Gasteiger charge is 2.03. The van der Waals surface area contributed by atoms with E-state index in [1.807, 2.05) is 18.2 Å². The summed E-state index contributed by atoms with van der Waals surface area (Å²) in [4.78, 5) is 4.43. The first-order valence-electron chi connectivity index (χ1n) is 5.96. The molecule has 0 spiro atoms. The third kappa shape index (κ3) is 4.35. The van der Waals surface area contributed by atoms with Crippen LogP contribution in [-0.2, 0) is 12.2 Å². The molecule has 0 aliphatic rings. The molecule has 1 heterocycles. The van der Waals surface area contributed by atoms with Crippen molar-refractivity contribution < 1.29 is 5.11 Å². The van der Waals surface area contributed by atoms with Gasteiger partial charge >= 0.3 is 0 Å². The topological polar surface area (TPSA) is 46.0 Å². The molecule has 0 aliphatic heterocycles. The second-order valence-corrected chi connectivity index (χ2v) is 5.75. The minimum atomic E-state index is -0.108. The number of benzene rings is 1. The zero-order chi connectivity index (χ0) is 13.5. The Labute approximate surface area is 121 Å². The molecule has 1 N–H and O–H groups in total. The number of nitrogens with zero attached hydrogens (tertiary/aromatic N) is 2. The van der Waals surface area contributed by atoms with Crippen molar-refractivity contribution in [1.82, 2.24) is 9.36 Å². The van der Waals surface area contributed by atoms with Crippen LogP contribution in [-0.4, -0.2) is 21.1 Å². The second-order valence-electron chi connectivity index (χ2n) is 3.78. The maximum Gasteiger partial charge on any atom is 0.170 e. The second kappa shape index (κ2) is 7.29. The lowest BCUT2D eigenvalue weighted by molar-refractivity contribution is 0.350. The average molecular weight is 290 g/mol. The third-order valence-electron chi connectivity index (χ3n) is 2.37. The van der Waals surface area contributed by atoms with Crippen LogP contribution in [0.15, 0.2) is 28.6 Å². The third-order valence-corrected chi connectivity index (χ3v) is 4.31. The summed E-state index contributed by atoms with van der Waals surface area (Å²) in [5.74, 6) is 7.33. The van der Waals surface area contributed by atoms with Crippen LogP contribution in [0.4, 0.5) is 0 Å². The fourth-order valence-electron chi connectivity index (χ4n) is 1.47. The van der Waals surface area contributed by atoms with Crippen molar-refractivity contribution in [3.05, 3.63) is 41.2 Å². The van der Waals surface area contributed by atoms with E-state index in [0.717, 1.165) is 27.9 Å². The van der Waals surface area contributed by atoms with Crippen LogP contribution in [0.25, 0.3) is 0 Å². The van der Waals surface area contributed by atoms with Crippen LogP contribution in [0.2, 0.25) is 0 Å². The van der Waals surface area contributed by atoms with Crippen molar-refractivity contribution in [1.29, 1.82) is 0 Å². The SMILES string of the molecule is CCc1nsc(SCc2cccc(C#CCO)c2)n1. The molecule has 0 amide bonds. The largest absolute Gasteiger partial charge is 0.384 e. The van der Waals surface area contributed by atoms with Crippen LogP contribution < -0.4 is 0 Å². The van der Waals surface area contributed by atoms with Crippen LogP contribution >= 0.6 is 23.3 Å². The number of aryl methyl sites for hydroxylation is 1. The smallest absolute Gasteiger partial charge is 0.170 e. The number of hydrogen-bond donors (Lipinski definition) is 1. The number of aliphatic hydroxyl groups excluding tert-OH is 1. The van der Waals surface area contributed by atoms with Crippen LogP contribution in [0, 0.1) is 11.8 Å². The summed E-state index contributed by atoms with van der Waals surface area (Å²) in [5, 5.41) is 8.68. The lowest BCUT2D eigenvalue weighted by Crippen LogP contribution is -1.84. The maximum absolute atomic E-state index is 8.68. The molecule has 0 fully saturated rings. The normalized spacial score (nSPS) is 10.0. The summed E-state index contributed by atoms with van der Waals surface area (Å²) < 4.78 is 5.27. The van der Waals surface area contributed by atoms with Crippen LogP contribution in [0.3, 0.4) is 0 Å². The summed E-state index contributed by atoms with van der Waals surface area (Å²) in [6, 6.07) is 8.03. The first-order valence-corrected chi connectivity index (χ1v) is 7.71. The quantitative estimate of drug-likeness (QED) is 0.695. The molecule has 5 heteroatoms. The van der Waals surface area contributed by atoms with Gasteiger partial charge in [-0.2, -0.15) is 4.37 Å². The van der Waals surface area contributed by atoms with E-state index >= 15 is 0 Å².